The van der Waals surface area contributed by atoms with Gasteiger partial charge in [-0.05, 0) is 77.7 Å². The summed E-state index contributed by atoms with van der Waals surface area (Å²) in [4.78, 5) is 0. The van der Waals surface area contributed by atoms with E-state index >= 15 is 0 Å². The Morgan fingerprint density at radius 1 is 1.00 bits per heavy atom. The predicted molar refractivity (Wildman–Crippen MR) is 129 cm³/mol. The maximum absolute atomic E-state index is 9.78. The maximum atomic E-state index is 9.78. The van der Waals surface area contributed by atoms with Gasteiger partial charge in [0, 0.05) is 24.0 Å². The molecule has 5 heteroatoms. The monoisotopic (exact) mass is 415 g/mol. The number of phenolic OH excluding ortho intramolecular Hbond substituents is 1. The molecule has 0 radical (unpaired) electrons. The number of nitrogen functional groups attached to an aromatic ring is 1. The number of hydrogen-bond acceptors (Lipinski definition) is 5. The third-order valence-electron chi connectivity index (χ3n) is 5.17. The van der Waals surface area contributed by atoms with Gasteiger partial charge in [-0.15, -0.1) is 0 Å². The van der Waals surface area contributed by atoms with Crippen LogP contribution in [0.1, 0.15) is 35.6 Å². The van der Waals surface area contributed by atoms with Gasteiger partial charge in [0.2, 0.25) is 0 Å². The van der Waals surface area contributed by atoms with Crippen LogP contribution in [-0.2, 0) is 0 Å². The van der Waals surface area contributed by atoms with Crippen LogP contribution in [-0.4, -0.2) is 31.5 Å². The van der Waals surface area contributed by atoms with Gasteiger partial charge >= 0.3 is 0 Å². The number of anilines is 1. The van der Waals surface area contributed by atoms with Crippen molar-refractivity contribution in [2.45, 2.75) is 13.3 Å². The van der Waals surface area contributed by atoms with Crippen LogP contribution < -0.4 is 15.8 Å². The average Bonchev–Trinajstić information content (AvgIpc) is 2.79. The van der Waals surface area contributed by atoms with Crippen molar-refractivity contribution in [1.29, 1.82) is 5.41 Å². The lowest BCUT2D eigenvalue weighted by atomic mass is 9.87. The van der Waals surface area contributed by atoms with Gasteiger partial charge in [0.15, 0.2) is 0 Å². The molecule has 5 N–H and O–H groups in total. The van der Waals surface area contributed by atoms with Crippen LogP contribution in [0.2, 0.25) is 0 Å². The molecule has 0 heterocycles. The molecule has 0 saturated heterocycles. The highest BCUT2D eigenvalue weighted by Gasteiger charge is 2.14. The van der Waals surface area contributed by atoms with Crippen molar-refractivity contribution in [3.63, 3.8) is 0 Å². The van der Waals surface area contributed by atoms with Gasteiger partial charge in [-0.3, -0.25) is 0 Å². The lowest BCUT2D eigenvalue weighted by molar-refractivity contribution is 0.318. The molecule has 3 rings (SSSR count). The van der Waals surface area contributed by atoms with Crippen LogP contribution >= 0.6 is 0 Å². The normalized spacial score (nSPS) is 11.7. The molecule has 3 aromatic carbocycles. The molecule has 0 aromatic heterocycles. The van der Waals surface area contributed by atoms with Crippen molar-refractivity contribution in [3.05, 3.63) is 89.0 Å². The second-order valence-corrected chi connectivity index (χ2v) is 7.22. The summed E-state index contributed by atoms with van der Waals surface area (Å²) in [7, 11) is 1.90. The zero-order valence-electron chi connectivity index (χ0n) is 18.0. The number of hydrogen-bond donors (Lipinski definition) is 4. The molecule has 5 nitrogen and oxygen atoms in total. The minimum Gasteiger partial charge on any atom is -0.508 e. The third-order valence-corrected chi connectivity index (χ3v) is 5.17. The molecule has 0 spiro atoms. The summed E-state index contributed by atoms with van der Waals surface area (Å²) in [5.74, 6) is 1.05. The zero-order chi connectivity index (χ0) is 22.2. The van der Waals surface area contributed by atoms with Crippen molar-refractivity contribution in [2.24, 2.45) is 0 Å². The lowest BCUT2D eigenvalue weighted by Gasteiger charge is -2.18. The van der Waals surface area contributed by atoms with Gasteiger partial charge < -0.3 is 26.3 Å². The van der Waals surface area contributed by atoms with Crippen LogP contribution in [0.5, 0.6) is 11.5 Å². The largest absolute Gasteiger partial charge is 0.508 e. The van der Waals surface area contributed by atoms with E-state index < -0.39 is 0 Å². The maximum Gasteiger partial charge on any atom is 0.119 e. The molecule has 0 saturated carbocycles. The molecule has 0 aliphatic carbocycles. The second kappa shape index (κ2) is 10.5. The van der Waals surface area contributed by atoms with Crippen LogP contribution in [0.4, 0.5) is 5.69 Å². The van der Waals surface area contributed by atoms with E-state index in [1.54, 1.807) is 12.1 Å². The summed E-state index contributed by atoms with van der Waals surface area (Å²) >= 11 is 0. The zero-order valence-corrected chi connectivity index (χ0v) is 18.0. The topological polar surface area (TPSA) is 91.4 Å². The van der Waals surface area contributed by atoms with E-state index in [-0.39, 0.29) is 5.75 Å². The molecular formula is C26H29N3O2. The fourth-order valence-electron chi connectivity index (χ4n) is 3.54. The molecule has 0 unspecified atom stereocenters. The van der Waals surface area contributed by atoms with Crippen LogP contribution in [0.25, 0.3) is 11.1 Å². The Kier molecular flexibility index (Phi) is 7.46. The van der Waals surface area contributed by atoms with Crippen molar-refractivity contribution in [3.8, 4) is 11.5 Å². The Hall–Kier alpha value is -3.57. The number of aromatic hydroxyl groups is 1. The standard InChI is InChI=1S/C26H29N3O2/c1-3-24(20-8-13-25(28)21(16-20)17-27)26(18-4-9-22(30)10-5-18)19-6-11-23(12-7-19)31-15-14-29-2/h4-13,16-17,27,29-30H,3,14-15,28H2,1-2H3/b26-24+,27-17?. The van der Waals surface area contributed by atoms with Crippen LogP contribution in [0.15, 0.2) is 66.7 Å². The van der Waals surface area contributed by atoms with Crippen molar-refractivity contribution < 1.29 is 9.84 Å². The molecule has 0 bridgehead atoms. The average molecular weight is 416 g/mol. The highest BCUT2D eigenvalue weighted by molar-refractivity contribution is 6.00. The SMILES string of the molecule is CC/C(=C(/c1ccc(O)cc1)c1ccc(OCCNC)cc1)c1ccc(N)c(C=N)c1. The molecule has 3 aromatic rings. The van der Waals surface area contributed by atoms with Crippen molar-refractivity contribution in [1.82, 2.24) is 5.32 Å². The Morgan fingerprint density at radius 2 is 1.61 bits per heavy atom. The molecule has 0 aliphatic heterocycles. The first kappa shape index (κ1) is 22.1. The molecule has 0 aliphatic rings. The van der Waals surface area contributed by atoms with Gasteiger partial charge in [-0.25, -0.2) is 0 Å². The van der Waals surface area contributed by atoms with Crippen molar-refractivity contribution in [2.75, 3.05) is 25.9 Å². The summed E-state index contributed by atoms with van der Waals surface area (Å²) in [6, 6.07) is 21.1. The van der Waals surface area contributed by atoms with Gasteiger partial charge in [0.05, 0.1) is 0 Å². The number of benzene rings is 3. The van der Waals surface area contributed by atoms with Gasteiger partial charge in [0.1, 0.15) is 18.1 Å². The van der Waals surface area contributed by atoms with E-state index in [1.807, 2.05) is 49.5 Å². The number of nitrogens with one attached hydrogen (secondary N) is 2. The fraction of sp³-hybridized carbons (Fsp3) is 0.192. The number of ether oxygens (including phenoxy) is 1. The minimum absolute atomic E-state index is 0.230. The van der Waals surface area contributed by atoms with E-state index in [4.69, 9.17) is 15.9 Å². The molecular weight excluding hydrogens is 386 g/mol. The number of allylic oxidation sites excluding steroid dienone is 1. The summed E-state index contributed by atoms with van der Waals surface area (Å²) < 4.78 is 5.77. The first-order chi connectivity index (χ1) is 15.1. The molecule has 0 amide bonds. The van der Waals surface area contributed by atoms with Crippen LogP contribution in [0.3, 0.4) is 0 Å². The van der Waals surface area contributed by atoms with Gasteiger partial charge in [-0.1, -0.05) is 37.3 Å². The highest BCUT2D eigenvalue weighted by atomic mass is 16.5. The number of phenols is 1. The summed E-state index contributed by atoms with van der Waals surface area (Å²) in [6.07, 6.45) is 2.07. The summed E-state index contributed by atoms with van der Waals surface area (Å²) in [5, 5.41) is 20.5. The van der Waals surface area contributed by atoms with E-state index in [1.165, 1.54) is 6.21 Å². The molecule has 160 valence electrons. The number of nitrogens with two attached hydrogens (primary N) is 1. The van der Waals surface area contributed by atoms with E-state index in [0.717, 1.165) is 46.6 Å². The van der Waals surface area contributed by atoms with E-state index in [2.05, 4.69) is 24.4 Å². The summed E-state index contributed by atoms with van der Waals surface area (Å²) in [6.45, 7) is 3.51. The molecule has 0 fully saturated rings. The van der Waals surface area contributed by atoms with E-state index in [9.17, 15) is 5.11 Å². The molecule has 31 heavy (non-hydrogen) atoms. The second-order valence-electron chi connectivity index (χ2n) is 7.22. The van der Waals surface area contributed by atoms with Gasteiger partial charge in [-0.2, -0.15) is 0 Å². The first-order valence-electron chi connectivity index (χ1n) is 10.4. The number of likely N-dealkylation sites (N-methyl/N-ethyl adjacent to an activating group) is 1. The fourth-order valence-corrected chi connectivity index (χ4v) is 3.54. The highest BCUT2D eigenvalue weighted by Crippen LogP contribution is 2.36. The van der Waals surface area contributed by atoms with Crippen molar-refractivity contribution >= 4 is 23.0 Å². The van der Waals surface area contributed by atoms with E-state index in [0.29, 0.717) is 17.9 Å². The Labute approximate surface area is 183 Å². The van der Waals surface area contributed by atoms with Gasteiger partial charge in [0.25, 0.3) is 0 Å². The predicted octanol–water partition coefficient (Wildman–Crippen LogP) is 4.94. The Morgan fingerprint density at radius 3 is 2.19 bits per heavy atom. The minimum atomic E-state index is 0.230. The lowest BCUT2D eigenvalue weighted by Crippen LogP contribution is -2.15. The molecule has 0 atom stereocenters. The Balaban J connectivity index is 2.13. The summed E-state index contributed by atoms with van der Waals surface area (Å²) in [5.41, 5.74) is 12.6. The quantitative estimate of drug-likeness (QED) is 0.172. The third kappa shape index (κ3) is 5.32. The first-order valence-corrected chi connectivity index (χ1v) is 10.4. The van der Waals surface area contributed by atoms with Crippen LogP contribution in [0, 0.1) is 5.41 Å². The Bertz CT molecular complexity index is 1060. The number of rotatable bonds is 9. The smallest absolute Gasteiger partial charge is 0.119 e.